The number of amides is 2. The Bertz CT molecular complexity index is 575. The predicted octanol–water partition coefficient (Wildman–Crippen LogP) is 0.733. The molecule has 2 heterocycles. The Morgan fingerprint density at radius 3 is 2.17 bits per heavy atom. The predicted molar refractivity (Wildman–Crippen MR) is 65.5 cm³/mol. The molecule has 1 saturated heterocycles. The van der Waals surface area contributed by atoms with Gasteiger partial charge in [0, 0.05) is 26.9 Å². The van der Waals surface area contributed by atoms with Gasteiger partial charge in [0.2, 0.25) is 11.8 Å². The maximum Gasteiger partial charge on any atom is 0.229 e. The number of para-hydroxylation sites is 1. The van der Waals surface area contributed by atoms with Crippen LogP contribution in [0.4, 0.5) is 0 Å². The van der Waals surface area contributed by atoms with Gasteiger partial charge in [-0.3, -0.25) is 14.5 Å². The molecule has 0 N–H and O–H groups in total. The smallest absolute Gasteiger partial charge is 0.229 e. The van der Waals surface area contributed by atoms with Crippen LogP contribution in [0.5, 0.6) is 0 Å². The molecule has 1 aromatic carbocycles. The van der Waals surface area contributed by atoms with Crippen LogP contribution in [-0.2, 0) is 16.6 Å². The van der Waals surface area contributed by atoms with Crippen molar-refractivity contribution in [1.29, 1.82) is 0 Å². The summed E-state index contributed by atoms with van der Waals surface area (Å²) in [4.78, 5) is 22.1. The second-order valence-corrected chi connectivity index (χ2v) is 4.05. The summed E-state index contributed by atoms with van der Waals surface area (Å²) < 4.78 is 1.76. The van der Waals surface area contributed by atoms with Crippen LogP contribution in [-0.4, -0.2) is 38.8 Å². The lowest BCUT2D eigenvalue weighted by Gasteiger charge is -2.01. The summed E-state index contributed by atoms with van der Waals surface area (Å²) in [7, 11) is 3.40. The summed E-state index contributed by atoms with van der Waals surface area (Å²) in [6.45, 7) is 0. The molecule has 1 aliphatic heterocycles. The van der Waals surface area contributed by atoms with E-state index < -0.39 is 0 Å². The average molecular weight is 246 g/mol. The molecule has 0 saturated carbocycles. The van der Waals surface area contributed by atoms with E-state index in [0.717, 1.165) is 11.0 Å². The van der Waals surface area contributed by atoms with Crippen molar-refractivity contribution in [2.24, 2.45) is 7.05 Å². The van der Waals surface area contributed by atoms with Gasteiger partial charge in [0.15, 0.2) is 0 Å². The third-order valence-electron chi connectivity index (χ3n) is 2.82. The highest BCUT2D eigenvalue weighted by Gasteiger charge is 2.24. The zero-order valence-electron chi connectivity index (χ0n) is 10.3. The highest BCUT2D eigenvalue weighted by Crippen LogP contribution is 2.07. The normalized spacial score (nSPS) is 14.9. The molecule has 1 fully saturated rings. The number of nitrogens with zero attached hydrogens (tertiary/aromatic N) is 4. The second-order valence-electron chi connectivity index (χ2n) is 4.05. The number of imide groups is 1. The van der Waals surface area contributed by atoms with E-state index >= 15 is 0 Å². The molecule has 6 heteroatoms. The minimum absolute atomic E-state index is 0.0602. The van der Waals surface area contributed by atoms with Gasteiger partial charge in [-0.05, 0) is 12.1 Å². The summed E-state index contributed by atoms with van der Waals surface area (Å²) in [5.74, 6) is -0.120. The lowest BCUT2D eigenvalue weighted by Crippen LogP contribution is -2.23. The molecule has 0 unspecified atom stereocenters. The van der Waals surface area contributed by atoms with E-state index in [2.05, 4.69) is 10.3 Å². The number of benzene rings is 1. The van der Waals surface area contributed by atoms with Crippen molar-refractivity contribution in [1.82, 2.24) is 19.9 Å². The standard InChI is InChI=1S/C7H7N3.C5H7NO2/c1-10-7-5-3-2-4-6(7)8-9-10;1-6-4(7)2-3-5(6)8/h2-5H,1H3;2-3H2,1H3. The van der Waals surface area contributed by atoms with Crippen molar-refractivity contribution in [3.05, 3.63) is 24.3 Å². The molecule has 18 heavy (non-hydrogen) atoms. The topological polar surface area (TPSA) is 68.1 Å². The third-order valence-corrected chi connectivity index (χ3v) is 2.82. The first-order valence-electron chi connectivity index (χ1n) is 5.63. The maximum absolute atomic E-state index is 10.5. The highest BCUT2D eigenvalue weighted by molar-refractivity contribution is 6.01. The van der Waals surface area contributed by atoms with E-state index in [-0.39, 0.29) is 11.8 Å². The van der Waals surface area contributed by atoms with Crippen LogP contribution in [0.2, 0.25) is 0 Å². The average Bonchev–Trinajstić information content (AvgIpc) is 2.90. The van der Waals surface area contributed by atoms with E-state index in [1.807, 2.05) is 31.3 Å². The quantitative estimate of drug-likeness (QED) is 0.643. The van der Waals surface area contributed by atoms with E-state index in [4.69, 9.17) is 0 Å². The molecule has 0 atom stereocenters. The summed E-state index contributed by atoms with van der Waals surface area (Å²) in [6.07, 6.45) is 0.796. The molecule has 0 spiro atoms. The van der Waals surface area contributed by atoms with Crippen molar-refractivity contribution in [2.45, 2.75) is 12.8 Å². The van der Waals surface area contributed by atoms with Gasteiger partial charge in [-0.2, -0.15) is 0 Å². The number of carbonyl (C=O) groups excluding carboxylic acids is 2. The van der Waals surface area contributed by atoms with E-state index in [9.17, 15) is 9.59 Å². The minimum Gasteiger partial charge on any atom is -0.286 e. The Balaban J connectivity index is 0.000000138. The lowest BCUT2D eigenvalue weighted by atomic mass is 10.3. The van der Waals surface area contributed by atoms with Crippen molar-refractivity contribution in [3.63, 3.8) is 0 Å². The molecular formula is C12H14N4O2. The van der Waals surface area contributed by atoms with Crippen molar-refractivity contribution in [3.8, 4) is 0 Å². The molecule has 6 nitrogen and oxygen atoms in total. The van der Waals surface area contributed by atoms with Crippen LogP contribution in [0.3, 0.4) is 0 Å². The number of rotatable bonds is 0. The van der Waals surface area contributed by atoms with Gasteiger partial charge in [0.1, 0.15) is 5.52 Å². The Morgan fingerprint density at radius 1 is 1.06 bits per heavy atom. The van der Waals surface area contributed by atoms with Gasteiger partial charge in [-0.15, -0.1) is 5.10 Å². The van der Waals surface area contributed by atoms with Gasteiger partial charge in [0.25, 0.3) is 0 Å². The largest absolute Gasteiger partial charge is 0.286 e. The number of hydrogen-bond acceptors (Lipinski definition) is 4. The van der Waals surface area contributed by atoms with E-state index in [1.165, 1.54) is 11.9 Å². The fourth-order valence-electron chi connectivity index (χ4n) is 1.67. The number of likely N-dealkylation sites (tertiary alicyclic amines) is 1. The van der Waals surface area contributed by atoms with Crippen LogP contribution in [0, 0.1) is 0 Å². The molecule has 94 valence electrons. The Morgan fingerprint density at radius 2 is 1.67 bits per heavy atom. The molecule has 2 aromatic rings. The zero-order valence-corrected chi connectivity index (χ0v) is 10.3. The Kier molecular flexibility index (Phi) is 3.36. The minimum atomic E-state index is -0.0602. The fourth-order valence-corrected chi connectivity index (χ4v) is 1.67. The first-order valence-corrected chi connectivity index (χ1v) is 5.63. The van der Waals surface area contributed by atoms with Gasteiger partial charge in [-0.1, -0.05) is 17.3 Å². The van der Waals surface area contributed by atoms with Gasteiger partial charge >= 0.3 is 0 Å². The van der Waals surface area contributed by atoms with Crippen LogP contribution in [0.1, 0.15) is 12.8 Å². The zero-order chi connectivity index (χ0) is 13.1. The molecule has 3 rings (SSSR count). The van der Waals surface area contributed by atoms with Gasteiger partial charge < -0.3 is 0 Å². The SMILES string of the molecule is CN1C(=O)CCC1=O.Cn1nnc2ccccc21. The second kappa shape index (κ2) is 4.95. The highest BCUT2D eigenvalue weighted by atomic mass is 16.2. The van der Waals surface area contributed by atoms with E-state index in [0.29, 0.717) is 12.8 Å². The number of aromatic nitrogens is 3. The molecule has 0 aliphatic carbocycles. The first-order chi connectivity index (χ1) is 8.59. The first kappa shape index (κ1) is 12.2. The van der Waals surface area contributed by atoms with Crippen LogP contribution < -0.4 is 0 Å². The summed E-state index contributed by atoms with van der Waals surface area (Å²) >= 11 is 0. The number of hydrogen-bond donors (Lipinski definition) is 0. The van der Waals surface area contributed by atoms with E-state index in [1.54, 1.807) is 4.68 Å². The molecule has 0 radical (unpaired) electrons. The van der Waals surface area contributed by atoms with Crippen molar-refractivity contribution in [2.75, 3.05) is 7.05 Å². The molecular weight excluding hydrogens is 232 g/mol. The van der Waals surface area contributed by atoms with Crippen molar-refractivity contribution >= 4 is 22.8 Å². The monoisotopic (exact) mass is 246 g/mol. The maximum atomic E-state index is 10.5. The van der Waals surface area contributed by atoms with Gasteiger partial charge in [-0.25, -0.2) is 4.68 Å². The molecule has 0 bridgehead atoms. The molecule has 2 amide bonds. The lowest BCUT2D eigenvalue weighted by molar-refractivity contribution is -0.136. The molecule has 1 aliphatic rings. The van der Waals surface area contributed by atoms with Crippen molar-refractivity contribution < 1.29 is 9.59 Å². The fraction of sp³-hybridized carbons (Fsp3) is 0.333. The van der Waals surface area contributed by atoms with Crippen LogP contribution >= 0.6 is 0 Å². The summed E-state index contributed by atoms with van der Waals surface area (Å²) in [6, 6.07) is 7.88. The van der Waals surface area contributed by atoms with Gasteiger partial charge in [0.05, 0.1) is 5.52 Å². The van der Waals surface area contributed by atoms with Crippen LogP contribution in [0.25, 0.3) is 11.0 Å². The third kappa shape index (κ3) is 2.37. The molecule has 1 aromatic heterocycles. The Hall–Kier alpha value is -2.24. The Labute approximate surface area is 104 Å². The number of carbonyl (C=O) groups is 2. The summed E-state index contributed by atoms with van der Waals surface area (Å²) in [5, 5.41) is 7.79. The number of aryl methyl sites for hydroxylation is 1. The summed E-state index contributed by atoms with van der Waals surface area (Å²) in [5.41, 5.74) is 2.02. The number of fused-ring (bicyclic) bond motifs is 1. The van der Waals surface area contributed by atoms with Crippen LogP contribution in [0.15, 0.2) is 24.3 Å².